The Bertz CT molecular complexity index is 2030. The van der Waals surface area contributed by atoms with Crippen molar-refractivity contribution >= 4 is 101 Å². The molecule has 2 amide bonds. The second-order valence-electron chi connectivity index (χ2n) is 14.3. The predicted octanol–water partition coefficient (Wildman–Crippen LogP) is 7.30. The maximum absolute atomic E-state index is 13.4. The normalized spacial score (nSPS) is 20.9. The van der Waals surface area contributed by atoms with Gasteiger partial charge >= 0.3 is 11.9 Å². The summed E-state index contributed by atoms with van der Waals surface area (Å²) in [4.78, 5) is 62.3. The lowest BCUT2D eigenvalue weighted by Crippen LogP contribution is -2.42. The van der Waals surface area contributed by atoms with Gasteiger partial charge in [0.2, 0.25) is 11.8 Å². The van der Waals surface area contributed by atoms with E-state index >= 15 is 0 Å². The molecule has 4 atom stereocenters. The van der Waals surface area contributed by atoms with E-state index < -0.39 is 23.8 Å². The number of aromatic nitrogens is 2. The van der Waals surface area contributed by atoms with Gasteiger partial charge in [0.05, 0.1) is 43.6 Å². The second kappa shape index (κ2) is 25.0. The molecule has 7 rings (SSSR count). The van der Waals surface area contributed by atoms with Crippen LogP contribution in [0.5, 0.6) is 5.75 Å². The number of amides is 2. The fourth-order valence-electron chi connectivity index (χ4n) is 7.80. The van der Waals surface area contributed by atoms with Crippen LogP contribution < -0.4 is 4.74 Å². The van der Waals surface area contributed by atoms with E-state index in [9.17, 15) is 24.3 Å². The summed E-state index contributed by atoms with van der Waals surface area (Å²) in [5.74, 6) is -1.96. The van der Waals surface area contributed by atoms with Crippen molar-refractivity contribution in [1.82, 2.24) is 19.8 Å². The van der Waals surface area contributed by atoms with E-state index in [0.717, 1.165) is 36.8 Å². The molecule has 0 aliphatic carbocycles. The molecule has 0 spiro atoms. The first-order valence-electron chi connectivity index (χ1n) is 19.0. The first-order chi connectivity index (χ1) is 27.4. The smallest absolute Gasteiger partial charge is 0.336 e. The molecule has 334 valence electrons. The monoisotopic (exact) mass is 956 g/mol. The van der Waals surface area contributed by atoms with E-state index in [4.69, 9.17) is 42.1 Å². The van der Waals surface area contributed by atoms with Gasteiger partial charge in [0.25, 0.3) is 0 Å². The Balaban J connectivity index is 0.000000411. The van der Waals surface area contributed by atoms with E-state index in [-0.39, 0.29) is 103 Å². The lowest BCUT2D eigenvalue weighted by molar-refractivity contribution is -0.142. The molecule has 13 nitrogen and oxygen atoms in total. The molecular formula is C42H54Cl2N4O9S4. The van der Waals surface area contributed by atoms with Gasteiger partial charge < -0.3 is 33.9 Å². The van der Waals surface area contributed by atoms with Crippen molar-refractivity contribution in [2.75, 3.05) is 33.4 Å². The molecule has 0 bridgehead atoms. The van der Waals surface area contributed by atoms with Crippen molar-refractivity contribution in [2.45, 2.75) is 83.0 Å². The van der Waals surface area contributed by atoms with E-state index in [1.165, 1.54) is 6.20 Å². The number of pyridine rings is 2. The Morgan fingerprint density at radius 1 is 0.754 bits per heavy atom. The number of hydrogen-bond acceptors (Lipinski definition) is 10. The molecular weight excluding hydrogens is 904 g/mol. The van der Waals surface area contributed by atoms with E-state index in [0.29, 0.717) is 64.9 Å². The molecule has 1 aromatic carbocycles. The number of methoxy groups -OCH3 is 1. The van der Waals surface area contributed by atoms with Gasteiger partial charge in [-0.1, -0.05) is 53.5 Å². The number of carboxylic acids is 1. The SMILES string of the molecule is CC1=C(C(=O)O)[C@H](c2ccc(Cl)nc2)CC(=O)N1C[C@@H]1CCCO1.COc1ccccc1COC(=O)C1=C(C)N(C[C@@H]2CCCO2)C(=O)C[C@H]1c1ccc(Cl)nc1.S.S.S.S. The number of halogens is 2. The van der Waals surface area contributed by atoms with Crippen molar-refractivity contribution < 1.29 is 43.2 Å². The maximum atomic E-state index is 13.4. The Morgan fingerprint density at radius 3 is 1.66 bits per heavy atom. The minimum absolute atomic E-state index is 0. The predicted molar refractivity (Wildman–Crippen MR) is 252 cm³/mol. The fraction of sp³-hybridized carbons (Fsp3) is 0.429. The van der Waals surface area contributed by atoms with Crippen LogP contribution in [0.1, 0.15) is 80.9 Å². The average Bonchev–Trinajstić information content (AvgIpc) is 3.93. The van der Waals surface area contributed by atoms with Gasteiger partial charge in [-0.3, -0.25) is 9.59 Å². The molecule has 3 aromatic rings. The first kappa shape index (κ1) is 53.7. The standard InChI is InChI=1S/C25H27ClN2O5.C17H19ClN2O4.4H2S/c1-16-24(25(30)33-15-18-6-3-4-8-21(18)31-2)20(17-9-10-22(26)27-13-17)12-23(29)28(16)14-19-7-5-11-32-19;1-10-16(17(22)23)13(11-4-5-14(18)19-8-11)7-15(21)20(10)9-12-3-2-6-24-12;;;;/h3-4,6,8-10,13,19-20H,5,7,11-12,14-15H2,1-2H3;4-5,8,12-13H,2-3,6-7,9H2,1H3,(H,22,23);4*1H2/t19-,20-;12-,13-;;;;/m00..../s1. The van der Waals surface area contributed by atoms with Crippen molar-refractivity contribution in [2.24, 2.45) is 0 Å². The Hall–Kier alpha value is -3.42. The largest absolute Gasteiger partial charge is 0.496 e. The third-order valence-corrected chi connectivity index (χ3v) is 11.2. The zero-order valence-corrected chi connectivity index (χ0v) is 39.6. The van der Waals surface area contributed by atoms with Crippen molar-refractivity contribution in [3.8, 4) is 5.75 Å². The fourth-order valence-corrected chi connectivity index (χ4v) is 8.02. The molecule has 0 saturated carbocycles. The van der Waals surface area contributed by atoms with Gasteiger partial charge in [-0.15, -0.1) is 0 Å². The summed E-state index contributed by atoms with van der Waals surface area (Å²) in [6.45, 7) is 5.77. The molecule has 4 aliphatic rings. The van der Waals surface area contributed by atoms with Crippen LogP contribution in [0, 0.1) is 0 Å². The number of rotatable bonds is 11. The molecule has 6 heterocycles. The zero-order chi connectivity index (χ0) is 40.6. The number of nitrogens with zero attached hydrogens (tertiary/aromatic N) is 4. The van der Waals surface area contributed by atoms with Gasteiger partial charge in [-0.2, -0.15) is 54.0 Å². The summed E-state index contributed by atoms with van der Waals surface area (Å²) in [7, 11) is 1.58. The average molecular weight is 958 g/mol. The molecule has 2 saturated heterocycles. The quantitative estimate of drug-likeness (QED) is 0.152. The lowest BCUT2D eigenvalue weighted by atomic mass is 9.84. The van der Waals surface area contributed by atoms with Crippen LogP contribution in [-0.2, 0) is 40.0 Å². The molecule has 0 radical (unpaired) electrons. The van der Waals surface area contributed by atoms with E-state index in [2.05, 4.69) is 9.97 Å². The summed E-state index contributed by atoms with van der Waals surface area (Å²) in [6, 6.07) is 14.2. The van der Waals surface area contributed by atoms with Crippen LogP contribution in [0.15, 0.2) is 83.5 Å². The number of esters is 1. The van der Waals surface area contributed by atoms with Crippen LogP contribution >= 0.6 is 77.2 Å². The minimum atomic E-state index is -1.02. The van der Waals surface area contributed by atoms with Gasteiger partial charge in [0.1, 0.15) is 22.7 Å². The molecule has 2 fully saturated rings. The van der Waals surface area contributed by atoms with Crippen LogP contribution in [0.25, 0.3) is 0 Å². The summed E-state index contributed by atoms with van der Waals surface area (Å²) in [5.41, 5.74) is 3.94. The van der Waals surface area contributed by atoms with Crippen LogP contribution in [0.2, 0.25) is 10.3 Å². The number of carbonyl (C=O) groups is 4. The third kappa shape index (κ3) is 13.3. The highest BCUT2D eigenvalue weighted by Crippen LogP contribution is 2.39. The maximum Gasteiger partial charge on any atom is 0.336 e. The highest BCUT2D eigenvalue weighted by molar-refractivity contribution is 7.59. The summed E-state index contributed by atoms with van der Waals surface area (Å²) in [5, 5.41) is 10.4. The zero-order valence-electron chi connectivity index (χ0n) is 34.1. The first-order valence-corrected chi connectivity index (χ1v) is 19.7. The Labute approximate surface area is 394 Å². The van der Waals surface area contributed by atoms with Gasteiger partial charge in [-0.05, 0) is 68.9 Å². The van der Waals surface area contributed by atoms with Crippen LogP contribution in [0.3, 0.4) is 0 Å². The van der Waals surface area contributed by atoms with Crippen molar-refractivity contribution in [3.63, 3.8) is 0 Å². The third-order valence-electron chi connectivity index (χ3n) is 10.8. The van der Waals surface area contributed by atoms with E-state index in [1.807, 2.05) is 24.3 Å². The molecule has 4 aliphatic heterocycles. The number of para-hydroxylation sites is 1. The Morgan fingerprint density at radius 2 is 1.23 bits per heavy atom. The highest BCUT2D eigenvalue weighted by atomic mass is 35.5. The number of carboxylic acid groups (broad SMARTS) is 1. The topological polar surface area (TPSA) is 158 Å². The molecule has 1 N–H and O–H groups in total. The van der Waals surface area contributed by atoms with Crippen molar-refractivity contribution in [1.29, 1.82) is 0 Å². The van der Waals surface area contributed by atoms with Crippen molar-refractivity contribution in [3.05, 3.63) is 110 Å². The summed E-state index contributed by atoms with van der Waals surface area (Å²) < 4.78 is 22.4. The molecule has 19 heteroatoms. The van der Waals surface area contributed by atoms with E-state index in [1.54, 1.807) is 61.2 Å². The van der Waals surface area contributed by atoms with Gasteiger partial charge in [0, 0.05) is 67.2 Å². The minimum Gasteiger partial charge on any atom is -0.496 e. The molecule has 0 unspecified atom stereocenters. The lowest BCUT2D eigenvalue weighted by Gasteiger charge is -2.35. The number of ether oxygens (including phenoxy) is 4. The number of benzene rings is 1. The Kier molecular flexibility index (Phi) is 22.0. The second-order valence-corrected chi connectivity index (χ2v) is 15.1. The highest BCUT2D eigenvalue weighted by Gasteiger charge is 2.39. The van der Waals surface area contributed by atoms with Gasteiger partial charge in [-0.25, -0.2) is 19.6 Å². The molecule has 61 heavy (non-hydrogen) atoms. The summed E-state index contributed by atoms with van der Waals surface area (Å²) >= 11 is 11.8. The molecule has 2 aromatic heterocycles. The van der Waals surface area contributed by atoms with Crippen LogP contribution in [-0.4, -0.2) is 94.2 Å². The number of hydrogen-bond donors (Lipinski definition) is 1. The number of allylic oxidation sites excluding steroid dienone is 2. The number of aliphatic carboxylic acids is 1. The van der Waals surface area contributed by atoms with Crippen LogP contribution in [0.4, 0.5) is 0 Å². The van der Waals surface area contributed by atoms with Gasteiger partial charge in [0.15, 0.2) is 0 Å². The number of carbonyl (C=O) groups excluding carboxylic acids is 3. The summed E-state index contributed by atoms with van der Waals surface area (Å²) in [6.07, 6.45) is 7.09.